The molecule has 2 heteroatoms. The van der Waals surface area contributed by atoms with Crippen LogP contribution in [0.5, 0.6) is 0 Å². The summed E-state index contributed by atoms with van der Waals surface area (Å²) in [6.45, 7) is 6.56. The average Bonchev–Trinajstić information content (AvgIpc) is 1.92. The van der Waals surface area contributed by atoms with Crippen LogP contribution in [-0.2, 0) is 4.79 Å². The summed E-state index contributed by atoms with van der Waals surface area (Å²) < 4.78 is 0. The maximum absolute atomic E-state index is 10.3. The number of hydrogen-bond donors (Lipinski definition) is 1. The Morgan fingerprint density at radius 2 is 1.90 bits per heavy atom. The van der Waals surface area contributed by atoms with Gasteiger partial charge in [-0.05, 0) is 26.9 Å². The summed E-state index contributed by atoms with van der Waals surface area (Å²) in [5, 5.41) is 2.97. The number of hydrogen-bond acceptors (Lipinski definition) is 2. The Morgan fingerprint density at radius 1 is 1.40 bits per heavy atom. The van der Waals surface area contributed by atoms with Crippen molar-refractivity contribution < 1.29 is 4.79 Å². The summed E-state index contributed by atoms with van der Waals surface area (Å²) in [7, 11) is 1.89. The molecule has 0 aromatic rings. The molecule has 0 saturated carbocycles. The Kier molecular flexibility index (Phi) is 14.1. The summed E-state index contributed by atoms with van der Waals surface area (Å²) in [6.07, 6.45) is 1.67. The average molecular weight is 145 g/mol. The van der Waals surface area contributed by atoms with Gasteiger partial charge in [0.25, 0.3) is 0 Å². The first kappa shape index (κ1) is 12.3. The number of carbonyl (C=O) groups excluding carboxylic acids is 1. The van der Waals surface area contributed by atoms with Crippen LogP contribution in [0.2, 0.25) is 0 Å². The van der Waals surface area contributed by atoms with E-state index >= 15 is 0 Å². The lowest BCUT2D eigenvalue weighted by molar-refractivity contribution is -0.117. The molecule has 1 N–H and O–H groups in total. The molecule has 0 aliphatic carbocycles. The van der Waals surface area contributed by atoms with Gasteiger partial charge in [0.15, 0.2) is 0 Å². The van der Waals surface area contributed by atoms with Gasteiger partial charge >= 0.3 is 0 Å². The molecule has 62 valence electrons. The number of nitrogens with one attached hydrogen (secondary N) is 1. The van der Waals surface area contributed by atoms with Crippen molar-refractivity contribution in [3.8, 4) is 0 Å². The molecule has 0 radical (unpaired) electrons. The molecule has 2 nitrogen and oxygen atoms in total. The van der Waals surface area contributed by atoms with Crippen molar-refractivity contribution in [2.24, 2.45) is 0 Å². The molecule has 0 amide bonds. The molecule has 10 heavy (non-hydrogen) atoms. The minimum absolute atomic E-state index is 0.278. The Balaban J connectivity index is 0. The van der Waals surface area contributed by atoms with Gasteiger partial charge in [-0.2, -0.15) is 0 Å². The number of rotatable bonds is 4. The molecule has 0 saturated heterocycles. The lowest BCUT2D eigenvalue weighted by Gasteiger charge is -1.93. The van der Waals surface area contributed by atoms with Crippen LogP contribution in [0, 0.1) is 0 Å². The molecule has 0 aromatic carbocycles. The van der Waals surface area contributed by atoms with Gasteiger partial charge in [0.1, 0.15) is 5.78 Å². The second kappa shape index (κ2) is 11.4. The molecular formula is C8H19NO. The Morgan fingerprint density at radius 3 is 2.20 bits per heavy atom. The number of ketones is 1. The van der Waals surface area contributed by atoms with E-state index in [0.717, 1.165) is 13.0 Å². The molecule has 0 rings (SSSR count). The van der Waals surface area contributed by atoms with Gasteiger partial charge in [-0.1, -0.05) is 13.8 Å². The lowest BCUT2D eigenvalue weighted by atomic mass is 10.2. The first-order valence-electron chi connectivity index (χ1n) is 3.91. The fourth-order valence-electron chi connectivity index (χ4n) is 0.514. The topological polar surface area (TPSA) is 29.1 Å². The summed E-state index contributed by atoms with van der Waals surface area (Å²) >= 11 is 0. The summed E-state index contributed by atoms with van der Waals surface area (Å²) in [5.41, 5.74) is 0. The summed E-state index contributed by atoms with van der Waals surface area (Å²) in [5.74, 6) is 0.278. The molecule has 0 aromatic heterocycles. The molecule has 0 aliphatic rings. The first-order valence-corrected chi connectivity index (χ1v) is 3.91. The van der Waals surface area contributed by atoms with Crippen LogP contribution < -0.4 is 5.32 Å². The van der Waals surface area contributed by atoms with E-state index in [1.54, 1.807) is 6.92 Å². The maximum Gasteiger partial charge on any atom is 0.129 e. The fourth-order valence-corrected chi connectivity index (χ4v) is 0.514. The number of carbonyl (C=O) groups is 1. The predicted molar refractivity (Wildman–Crippen MR) is 45.2 cm³/mol. The molecule has 0 heterocycles. The van der Waals surface area contributed by atoms with Crippen molar-refractivity contribution in [3.05, 3.63) is 0 Å². The molecule has 0 unspecified atom stereocenters. The third kappa shape index (κ3) is 15.6. The molecule has 0 bridgehead atoms. The van der Waals surface area contributed by atoms with Gasteiger partial charge in [-0.3, -0.25) is 0 Å². The van der Waals surface area contributed by atoms with Gasteiger partial charge < -0.3 is 10.1 Å². The predicted octanol–water partition coefficient (Wildman–Crippen LogP) is 1.60. The minimum Gasteiger partial charge on any atom is -0.320 e. The van der Waals surface area contributed by atoms with E-state index in [1.165, 1.54) is 0 Å². The van der Waals surface area contributed by atoms with E-state index in [0.29, 0.717) is 6.42 Å². The normalized spacial score (nSPS) is 8.00. The number of Topliss-reactive ketones (excluding diaryl/α,β-unsaturated/α-hetero) is 1. The quantitative estimate of drug-likeness (QED) is 0.609. The molecule has 0 fully saturated rings. The van der Waals surface area contributed by atoms with Crippen molar-refractivity contribution in [2.75, 3.05) is 13.6 Å². The van der Waals surface area contributed by atoms with Crippen LogP contribution >= 0.6 is 0 Å². The Hall–Kier alpha value is -0.370. The maximum atomic E-state index is 10.3. The van der Waals surface area contributed by atoms with Crippen molar-refractivity contribution in [2.45, 2.75) is 33.6 Å². The molecule has 0 atom stereocenters. The van der Waals surface area contributed by atoms with E-state index in [2.05, 4.69) is 5.32 Å². The van der Waals surface area contributed by atoms with Crippen molar-refractivity contribution >= 4 is 5.78 Å². The van der Waals surface area contributed by atoms with E-state index in [1.807, 2.05) is 20.9 Å². The minimum atomic E-state index is 0.278. The van der Waals surface area contributed by atoms with Crippen LogP contribution in [-0.4, -0.2) is 19.4 Å². The zero-order valence-electron chi connectivity index (χ0n) is 7.53. The third-order valence-electron chi connectivity index (χ3n) is 0.956. The highest BCUT2D eigenvalue weighted by Crippen LogP contribution is 1.85. The van der Waals surface area contributed by atoms with E-state index in [4.69, 9.17) is 0 Å². The SMILES string of the molecule is CC.CNCCCC(C)=O. The van der Waals surface area contributed by atoms with Gasteiger partial charge in [-0.25, -0.2) is 0 Å². The van der Waals surface area contributed by atoms with Crippen LogP contribution in [0.1, 0.15) is 33.6 Å². The van der Waals surface area contributed by atoms with E-state index < -0.39 is 0 Å². The third-order valence-corrected chi connectivity index (χ3v) is 0.956. The Bertz CT molecular complexity index is 71.7. The molecule has 0 spiro atoms. The zero-order chi connectivity index (χ0) is 8.41. The first-order chi connectivity index (χ1) is 4.77. The van der Waals surface area contributed by atoms with Gasteiger partial charge in [0.2, 0.25) is 0 Å². The fraction of sp³-hybridized carbons (Fsp3) is 0.875. The van der Waals surface area contributed by atoms with E-state index in [9.17, 15) is 4.79 Å². The van der Waals surface area contributed by atoms with Crippen molar-refractivity contribution in [1.82, 2.24) is 5.32 Å². The van der Waals surface area contributed by atoms with E-state index in [-0.39, 0.29) is 5.78 Å². The highest BCUT2D eigenvalue weighted by molar-refractivity contribution is 5.75. The Labute approximate surface area is 64.0 Å². The van der Waals surface area contributed by atoms with Crippen molar-refractivity contribution in [3.63, 3.8) is 0 Å². The van der Waals surface area contributed by atoms with Crippen molar-refractivity contribution in [1.29, 1.82) is 0 Å². The monoisotopic (exact) mass is 145 g/mol. The molecular weight excluding hydrogens is 126 g/mol. The summed E-state index contributed by atoms with van der Waals surface area (Å²) in [4.78, 5) is 10.3. The standard InChI is InChI=1S/C6H13NO.C2H6/c1-6(8)4-3-5-7-2;1-2/h7H,3-5H2,1-2H3;1-2H3. The zero-order valence-corrected chi connectivity index (χ0v) is 7.53. The summed E-state index contributed by atoms with van der Waals surface area (Å²) in [6, 6.07) is 0. The van der Waals surface area contributed by atoms with Gasteiger partial charge in [0, 0.05) is 6.42 Å². The van der Waals surface area contributed by atoms with Crippen LogP contribution in [0.15, 0.2) is 0 Å². The van der Waals surface area contributed by atoms with Crippen LogP contribution in [0.25, 0.3) is 0 Å². The highest BCUT2D eigenvalue weighted by Gasteiger charge is 1.89. The van der Waals surface area contributed by atoms with Crippen LogP contribution in [0.4, 0.5) is 0 Å². The second-order valence-electron chi connectivity index (χ2n) is 1.91. The highest BCUT2D eigenvalue weighted by atomic mass is 16.1. The second-order valence-corrected chi connectivity index (χ2v) is 1.91. The van der Waals surface area contributed by atoms with Gasteiger partial charge in [0.05, 0.1) is 0 Å². The molecule has 0 aliphatic heterocycles. The smallest absolute Gasteiger partial charge is 0.129 e. The largest absolute Gasteiger partial charge is 0.320 e. The van der Waals surface area contributed by atoms with Crippen LogP contribution in [0.3, 0.4) is 0 Å². The van der Waals surface area contributed by atoms with Gasteiger partial charge in [-0.15, -0.1) is 0 Å². The lowest BCUT2D eigenvalue weighted by Crippen LogP contribution is -2.08.